The molecule has 0 saturated heterocycles. The molecule has 2 aromatic carbocycles. The number of carbonyl (C=O) groups excluding carboxylic acids is 1. The zero-order valence-corrected chi connectivity index (χ0v) is 13.9. The molecule has 24 heavy (non-hydrogen) atoms. The van der Waals surface area contributed by atoms with Crippen LogP contribution in [-0.4, -0.2) is 19.6 Å². The molecule has 0 heterocycles. The van der Waals surface area contributed by atoms with Crippen molar-refractivity contribution in [3.05, 3.63) is 59.4 Å². The summed E-state index contributed by atoms with van der Waals surface area (Å²) in [5.41, 5.74) is 1.89. The number of ether oxygens (including phenoxy) is 2. The molecule has 0 unspecified atom stereocenters. The van der Waals surface area contributed by atoms with Crippen LogP contribution in [0.5, 0.6) is 11.5 Å². The summed E-state index contributed by atoms with van der Waals surface area (Å²) in [5.74, 6) is 0.267. The van der Waals surface area contributed by atoms with E-state index in [-0.39, 0.29) is 18.3 Å². The van der Waals surface area contributed by atoms with Crippen LogP contribution < -0.4 is 14.8 Å². The molecule has 0 atom stereocenters. The summed E-state index contributed by atoms with van der Waals surface area (Å²) in [6.07, 6.45) is 3.86. The molecular weight excluding hydrogens is 309 g/mol. The summed E-state index contributed by atoms with van der Waals surface area (Å²) in [5, 5.41) is 2.59. The molecule has 0 aliphatic carbocycles. The van der Waals surface area contributed by atoms with Crippen LogP contribution in [0.3, 0.4) is 0 Å². The van der Waals surface area contributed by atoms with Crippen molar-refractivity contribution in [1.29, 1.82) is 0 Å². The van der Waals surface area contributed by atoms with Crippen LogP contribution in [0.15, 0.2) is 42.5 Å². The fourth-order valence-electron chi connectivity index (χ4n) is 2.11. The van der Waals surface area contributed by atoms with Gasteiger partial charge in [-0.05, 0) is 49.2 Å². The number of nitrogens with one attached hydrogen (secondary N) is 1. The van der Waals surface area contributed by atoms with E-state index in [1.54, 1.807) is 25.1 Å². The van der Waals surface area contributed by atoms with E-state index < -0.39 is 0 Å². The number of hydrogen-bond donors (Lipinski definition) is 1. The number of anilines is 1. The van der Waals surface area contributed by atoms with E-state index in [2.05, 4.69) is 5.32 Å². The number of carbonyl (C=O) groups is 1. The van der Waals surface area contributed by atoms with Crippen molar-refractivity contribution in [3.8, 4) is 11.5 Å². The lowest BCUT2D eigenvalue weighted by Gasteiger charge is -2.12. The quantitative estimate of drug-likeness (QED) is 0.864. The normalized spacial score (nSPS) is 10.7. The van der Waals surface area contributed by atoms with Crippen molar-refractivity contribution in [2.45, 2.75) is 13.8 Å². The molecule has 5 heteroatoms. The van der Waals surface area contributed by atoms with Gasteiger partial charge in [-0.2, -0.15) is 0 Å². The van der Waals surface area contributed by atoms with Gasteiger partial charge in [-0.1, -0.05) is 24.3 Å². The summed E-state index contributed by atoms with van der Waals surface area (Å²) in [4.78, 5) is 11.9. The van der Waals surface area contributed by atoms with Gasteiger partial charge in [0.25, 0.3) is 5.91 Å². The van der Waals surface area contributed by atoms with E-state index in [4.69, 9.17) is 9.47 Å². The standard InChI is InChI=1S/C19H20FNO3/c1-4-5-14-7-9-17(18(10-14)23-3)24-12-19(22)21-15-8-6-13(2)16(20)11-15/h4-11H,12H2,1-3H3,(H,21,22). The monoisotopic (exact) mass is 329 g/mol. The van der Waals surface area contributed by atoms with Crippen LogP contribution in [-0.2, 0) is 4.79 Å². The Morgan fingerprint density at radius 1 is 1.21 bits per heavy atom. The Morgan fingerprint density at radius 2 is 2.00 bits per heavy atom. The Morgan fingerprint density at radius 3 is 2.67 bits per heavy atom. The molecule has 0 bridgehead atoms. The molecule has 2 rings (SSSR count). The lowest BCUT2D eigenvalue weighted by molar-refractivity contribution is -0.118. The lowest BCUT2D eigenvalue weighted by atomic mass is 10.2. The first kappa shape index (κ1) is 17.5. The molecule has 4 nitrogen and oxygen atoms in total. The topological polar surface area (TPSA) is 47.6 Å². The third-order valence-electron chi connectivity index (χ3n) is 3.36. The Kier molecular flexibility index (Phi) is 5.95. The molecule has 2 aromatic rings. The molecule has 0 spiro atoms. The molecule has 126 valence electrons. The fraction of sp³-hybridized carbons (Fsp3) is 0.211. The van der Waals surface area contributed by atoms with Gasteiger partial charge >= 0.3 is 0 Å². The van der Waals surface area contributed by atoms with Gasteiger partial charge < -0.3 is 14.8 Å². The van der Waals surface area contributed by atoms with Crippen molar-refractivity contribution in [3.63, 3.8) is 0 Å². The van der Waals surface area contributed by atoms with Crippen LogP contribution in [0, 0.1) is 12.7 Å². The summed E-state index contributed by atoms with van der Waals surface area (Å²) >= 11 is 0. The molecular formula is C19H20FNO3. The Balaban J connectivity index is 1.99. The zero-order chi connectivity index (χ0) is 17.5. The molecule has 1 N–H and O–H groups in total. The highest BCUT2D eigenvalue weighted by atomic mass is 19.1. The number of hydrogen-bond acceptors (Lipinski definition) is 3. The Hall–Kier alpha value is -2.82. The van der Waals surface area contributed by atoms with Gasteiger partial charge in [0.05, 0.1) is 7.11 Å². The maximum atomic E-state index is 13.5. The maximum Gasteiger partial charge on any atom is 0.262 e. The van der Waals surface area contributed by atoms with Crippen molar-refractivity contribution in [2.24, 2.45) is 0 Å². The van der Waals surface area contributed by atoms with E-state index in [0.29, 0.717) is 22.7 Å². The molecule has 0 aliphatic heterocycles. The minimum atomic E-state index is -0.377. The highest BCUT2D eigenvalue weighted by Crippen LogP contribution is 2.28. The number of amides is 1. The number of aryl methyl sites for hydroxylation is 1. The molecule has 0 saturated carbocycles. The number of allylic oxidation sites excluding steroid dienone is 1. The predicted molar refractivity (Wildman–Crippen MR) is 93.0 cm³/mol. The summed E-state index contributed by atoms with van der Waals surface area (Å²) in [6.45, 7) is 3.39. The Bertz CT molecular complexity index is 756. The largest absolute Gasteiger partial charge is 0.493 e. The van der Waals surface area contributed by atoms with Crippen LogP contribution in [0.1, 0.15) is 18.1 Å². The second kappa shape index (κ2) is 8.15. The second-order valence-corrected chi connectivity index (χ2v) is 5.21. The zero-order valence-electron chi connectivity index (χ0n) is 13.9. The van der Waals surface area contributed by atoms with Crippen molar-refractivity contribution < 1.29 is 18.7 Å². The van der Waals surface area contributed by atoms with Crippen molar-refractivity contribution in [1.82, 2.24) is 0 Å². The first-order valence-corrected chi connectivity index (χ1v) is 7.53. The van der Waals surface area contributed by atoms with Crippen LogP contribution in [0.4, 0.5) is 10.1 Å². The van der Waals surface area contributed by atoms with Crippen LogP contribution in [0.2, 0.25) is 0 Å². The molecule has 0 aromatic heterocycles. The van der Waals surface area contributed by atoms with E-state index >= 15 is 0 Å². The number of halogens is 1. The SMILES string of the molecule is CC=Cc1ccc(OCC(=O)Nc2ccc(C)c(F)c2)c(OC)c1. The van der Waals surface area contributed by atoms with E-state index in [0.717, 1.165) is 5.56 Å². The average molecular weight is 329 g/mol. The molecule has 0 aliphatic rings. The molecule has 0 fully saturated rings. The van der Waals surface area contributed by atoms with Gasteiger partial charge in [0, 0.05) is 5.69 Å². The first-order chi connectivity index (χ1) is 11.5. The van der Waals surface area contributed by atoms with Gasteiger partial charge in [-0.25, -0.2) is 4.39 Å². The van der Waals surface area contributed by atoms with Crippen LogP contribution in [0.25, 0.3) is 6.08 Å². The second-order valence-electron chi connectivity index (χ2n) is 5.21. The third-order valence-corrected chi connectivity index (χ3v) is 3.36. The summed E-state index contributed by atoms with van der Waals surface area (Å²) in [6, 6.07) is 9.96. The van der Waals surface area contributed by atoms with Crippen LogP contribution >= 0.6 is 0 Å². The van der Waals surface area contributed by atoms with Gasteiger partial charge in [0.1, 0.15) is 5.82 Å². The molecule has 1 amide bonds. The minimum absolute atomic E-state index is 0.200. The average Bonchev–Trinajstić information content (AvgIpc) is 2.57. The van der Waals surface area contributed by atoms with Gasteiger partial charge in [0.2, 0.25) is 0 Å². The first-order valence-electron chi connectivity index (χ1n) is 7.53. The van der Waals surface area contributed by atoms with Gasteiger partial charge in [0.15, 0.2) is 18.1 Å². The maximum absolute atomic E-state index is 13.5. The Labute approximate surface area is 140 Å². The highest BCUT2D eigenvalue weighted by molar-refractivity contribution is 5.91. The predicted octanol–water partition coefficient (Wildman–Crippen LogP) is 4.19. The van der Waals surface area contributed by atoms with E-state index in [9.17, 15) is 9.18 Å². The lowest BCUT2D eigenvalue weighted by Crippen LogP contribution is -2.20. The number of benzene rings is 2. The highest BCUT2D eigenvalue weighted by Gasteiger charge is 2.09. The summed E-state index contributed by atoms with van der Waals surface area (Å²) in [7, 11) is 1.54. The van der Waals surface area contributed by atoms with Crippen molar-refractivity contribution >= 4 is 17.7 Å². The number of methoxy groups -OCH3 is 1. The van der Waals surface area contributed by atoms with Crippen molar-refractivity contribution in [2.75, 3.05) is 19.0 Å². The summed E-state index contributed by atoms with van der Waals surface area (Å²) < 4.78 is 24.2. The number of rotatable bonds is 6. The fourth-order valence-corrected chi connectivity index (χ4v) is 2.11. The van der Waals surface area contributed by atoms with E-state index in [1.807, 2.05) is 31.2 Å². The third kappa shape index (κ3) is 4.59. The minimum Gasteiger partial charge on any atom is -0.493 e. The van der Waals surface area contributed by atoms with E-state index in [1.165, 1.54) is 13.2 Å². The smallest absolute Gasteiger partial charge is 0.262 e. The van der Waals surface area contributed by atoms with Gasteiger partial charge in [-0.3, -0.25) is 4.79 Å². The molecule has 0 radical (unpaired) electrons. The van der Waals surface area contributed by atoms with Gasteiger partial charge in [-0.15, -0.1) is 0 Å².